The largest absolute Gasteiger partial charge is 0.748 e. The van der Waals surface area contributed by atoms with Crippen molar-refractivity contribution < 1.29 is 34.5 Å². The van der Waals surface area contributed by atoms with Crippen LogP contribution >= 0.6 is 0 Å². The van der Waals surface area contributed by atoms with E-state index in [-0.39, 0.29) is 17.1 Å². The summed E-state index contributed by atoms with van der Waals surface area (Å²) in [7, 11) is 0.807. The summed E-state index contributed by atoms with van der Waals surface area (Å²) >= 11 is 0. The van der Waals surface area contributed by atoms with Gasteiger partial charge >= 0.3 is 0 Å². The Labute approximate surface area is 209 Å². The molecule has 0 amide bonds. The molecule has 0 bridgehead atoms. The van der Waals surface area contributed by atoms with Crippen molar-refractivity contribution in [1.29, 1.82) is 0 Å². The molecule has 0 heterocycles. The maximum atomic E-state index is 9.08. The second-order valence-corrected chi connectivity index (χ2v) is 10.4. The number of quaternary nitrogens is 1. The first-order chi connectivity index (χ1) is 14.6. The smallest absolute Gasteiger partial charge is 0.0916 e. The van der Waals surface area contributed by atoms with E-state index in [0.29, 0.717) is 6.26 Å². The minimum Gasteiger partial charge on any atom is -0.748 e. The first-order valence-corrected chi connectivity index (χ1v) is 13.6. The van der Waals surface area contributed by atoms with E-state index >= 15 is 0 Å². The summed E-state index contributed by atoms with van der Waals surface area (Å²) in [5.74, 6) is 0. The van der Waals surface area contributed by atoms with Gasteiger partial charge in [0.05, 0.1) is 37.3 Å². The monoisotopic (exact) mass is 507 g/mol. The molecule has 4 nitrogen and oxygen atoms in total. The Kier molecular flexibility index (Phi) is 21.5. The van der Waals surface area contributed by atoms with Gasteiger partial charge in [0.25, 0.3) is 0 Å². The van der Waals surface area contributed by atoms with Crippen LogP contribution in [0.15, 0.2) is 54.6 Å². The van der Waals surface area contributed by atoms with Gasteiger partial charge in [-0.25, -0.2) is 20.6 Å². The fourth-order valence-corrected chi connectivity index (χ4v) is 3.44. The molecule has 0 radical (unpaired) electrons. The van der Waals surface area contributed by atoms with E-state index in [9.17, 15) is 0 Å². The molecule has 0 aliphatic rings. The second kappa shape index (κ2) is 20.7. The van der Waals surface area contributed by atoms with E-state index in [1.807, 2.05) is 30.3 Å². The molecule has 192 valence electrons. The van der Waals surface area contributed by atoms with Gasteiger partial charge in [0.2, 0.25) is 0 Å². The van der Waals surface area contributed by atoms with Crippen LogP contribution in [0.3, 0.4) is 0 Å². The fourth-order valence-electron chi connectivity index (χ4n) is 3.44. The maximum absolute atomic E-state index is 9.08. The number of hydrogen-bond donors (Lipinski definition) is 0. The minimum absolute atomic E-state index is 0. The minimum atomic E-state index is -3.92. The van der Waals surface area contributed by atoms with Crippen LogP contribution in [-0.2, 0) is 33.7 Å². The SMILES string of the molecule is CCCCCCCCCCCC[N+](C)(C)C[c-]1cccc1.CS(=O)(=O)[O-].[Fe].[cH-]1[cH-][cH-][cH-][cH-]1. The molecule has 0 N–H and O–H groups in total. The van der Waals surface area contributed by atoms with Gasteiger partial charge in [0.15, 0.2) is 0 Å². The van der Waals surface area contributed by atoms with Gasteiger partial charge in [-0.15, -0.1) is 5.56 Å². The van der Waals surface area contributed by atoms with Gasteiger partial charge in [-0.2, -0.15) is 12.1 Å². The van der Waals surface area contributed by atoms with E-state index < -0.39 is 10.1 Å². The molecular weight excluding hydrogens is 462 g/mol. The normalized spacial score (nSPS) is 10.9. The van der Waals surface area contributed by atoms with Crippen LogP contribution in [0.5, 0.6) is 0 Å². The van der Waals surface area contributed by atoms with Crippen molar-refractivity contribution in [3.8, 4) is 0 Å². The molecular formula is C26H45FeNO3S-6. The zero-order chi connectivity index (χ0) is 23.4. The molecule has 0 aromatic heterocycles. The van der Waals surface area contributed by atoms with Crippen LogP contribution in [0.1, 0.15) is 76.7 Å². The molecule has 2 aromatic carbocycles. The van der Waals surface area contributed by atoms with Gasteiger partial charge in [-0.05, 0) is 12.8 Å². The van der Waals surface area contributed by atoms with Gasteiger partial charge in [-0.3, -0.25) is 0 Å². The Bertz CT molecular complexity index is 670. The van der Waals surface area contributed by atoms with Gasteiger partial charge in [-0.1, -0.05) is 58.3 Å². The summed E-state index contributed by atoms with van der Waals surface area (Å²) in [6, 6.07) is 18.8. The molecule has 0 saturated carbocycles. The van der Waals surface area contributed by atoms with Crippen LogP contribution in [0.2, 0.25) is 0 Å². The van der Waals surface area contributed by atoms with Crippen molar-refractivity contribution in [2.75, 3.05) is 26.9 Å². The maximum Gasteiger partial charge on any atom is 0.0916 e. The molecule has 2 rings (SSSR count). The van der Waals surface area contributed by atoms with E-state index in [1.165, 1.54) is 82.9 Å². The van der Waals surface area contributed by atoms with Crippen LogP contribution < -0.4 is 0 Å². The zero-order valence-corrected chi connectivity index (χ0v) is 22.5. The van der Waals surface area contributed by atoms with Crippen molar-refractivity contribution in [1.82, 2.24) is 0 Å². The molecule has 0 fully saturated rings. The van der Waals surface area contributed by atoms with Gasteiger partial charge in [0, 0.05) is 23.3 Å². The standard InChI is InChI=1S/C20H37N.C5H5.CH4O3S.Fe/c1-4-5-6-7-8-9-10-11-12-15-18-21(2,3)19-20-16-13-14-17-20;1-2-4-5-3-1;1-5(2,3)4;/h13-14,16-17H,4-12,15,18-19H2,1-3H3;1-5H;1H3,(H,2,3,4);/q;-5;;/p-1. The van der Waals surface area contributed by atoms with Crippen molar-refractivity contribution in [2.45, 2.75) is 77.7 Å². The number of hydrogen-bond acceptors (Lipinski definition) is 3. The zero-order valence-electron chi connectivity index (χ0n) is 20.6. The number of rotatable bonds is 13. The Hall–Kier alpha value is -0.911. The van der Waals surface area contributed by atoms with E-state index in [2.05, 4.69) is 45.3 Å². The van der Waals surface area contributed by atoms with Gasteiger partial charge in [0.1, 0.15) is 0 Å². The Morgan fingerprint density at radius 3 is 1.50 bits per heavy atom. The van der Waals surface area contributed by atoms with E-state index in [0.717, 1.165) is 4.48 Å². The summed E-state index contributed by atoms with van der Waals surface area (Å²) in [5, 5.41) is 0. The first-order valence-electron chi connectivity index (χ1n) is 11.7. The molecule has 6 heteroatoms. The predicted octanol–water partition coefficient (Wildman–Crippen LogP) is 6.47. The third kappa shape index (κ3) is 27.1. The summed E-state index contributed by atoms with van der Waals surface area (Å²) in [6.45, 7) is 4.77. The van der Waals surface area contributed by atoms with Crippen LogP contribution in [0.4, 0.5) is 0 Å². The molecule has 0 atom stereocenters. The molecule has 32 heavy (non-hydrogen) atoms. The summed E-state index contributed by atoms with van der Waals surface area (Å²) in [4.78, 5) is 0. The van der Waals surface area contributed by atoms with Crippen LogP contribution in [-0.4, -0.2) is 44.3 Å². The van der Waals surface area contributed by atoms with Crippen molar-refractivity contribution in [2.24, 2.45) is 0 Å². The average Bonchev–Trinajstić information content (AvgIpc) is 3.38. The Morgan fingerprint density at radius 1 is 0.781 bits per heavy atom. The third-order valence-electron chi connectivity index (χ3n) is 5.01. The topological polar surface area (TPSA) is 57.2 Å². The molecule has 0 unspecified atom stereocenters. The summed E-state index contributed by atoms with van der Waals surface area (Å²) < 4.78 is 28.4. The molecule has 2 aromatic rings. The summed E-state index contributed by atoms with van der Waals surface area (Å²) in [6.07, 6.45) is 14.9. The summed E-state index contributed by atoms with van der Waals surface area (Å²) in [5.41, 5.74) is 1.48. The van der Waals surface area contributed by atoms with Crippen molar-refractivity contribution >= 4 is 10.1 Å². The average molecular weight is 508 g/mol. The molecule has 0 spiro atoms. The van der Waals surface area contributed by atoms with Crippen LogP contribution in [0, 0.1) is 0 Å². The van der Waals surface area contributed by atoms with Crippen LogP contribution in [0.25, 0.3) is 0 Å². The third-order valence-corrected chi connectivity index (χ3v) is 5.01. The van der Waals surface area contributed by atoms with Gasteiger partial charge < -0.3 is 39.4 Å². The Morgan fingerprint density at radius 2 is 1.12 bits per heavy atom. The molecule has 0 aliphatic heterocycles. The molecule has 0 saturated heterocycles. The predicted molar refractivity (Wildman–Crippen MR) is 132 cm³/mol. The van der Waals surface area contributed by atoms with E-state index in [4.69, 9.17) is 13.0 Å². The number of nitrogens with zero attached hydrogens (tertiary/aromatic N) is 1. The quantitative estimate of drug-likeness (QED) is 0.103. The molecule has 0 aliphatic carbocycles. The second-order valence-electron chi connectivity index (χ2n) is 8.96. The van der Waals surface area contributed by atoms with E-state index in [1.54, 1.807) is 0 Å². The first kappa shape index (κ1) is 33.3. The fraction of sp³-hybridized carbons (Fsp3) is 0.615. The van der Waals surface area contributed by atoms with Crippen molar-refractivity contribution in [3.63, 3.8) is 0 Å². The van der Waals surface area contributed by atoms with Crippen molar-refractivity contribution in [3.05, 3.63) is 60.2 Å². The Balaban J connectivity index is 0. The number of unbranched alkanes of at least 4 members (excludes halogenated alkanes) is 9.